The fourth-order valence-electron chi connectivity index (χ4n) is 3.57. The molecule has 0 fully saturated rings. The largest absolute Gasteiger partial charge is 0.460 e. The van der Waals surface area contributed by atoms with E-state index in [1.807, 2.05) is 19.1 Å². The lowest BCUT2D eigenvalue weighted by atomic mass is 9.82. The van der Waals surface area contributed by atoms with Crippen LogP contribution in [-0.4, -0.2) is 60.5 Å². The van der Waals surface area contributed by atoms with Gasteiger partial charge in [-0.1, -0.05) is 30.0 Å². The van der Waals surface area contributed by atoms with Crippen molar-refractivity contribution in [3.05, 3.63) is 76.9 Å². The number of Topliss-reactive ketones (excluding diaryl/α,β-unsaturated/α-hetero) is 1. The third-order valence-corrected chi connectivity index (χ3v) is 6.50. The second-order valence-corrected chi connectivity index (χ2v) is 9.41. The second-order valence-electron chi connectivity index (χ2n) is 8.26. The highest BCUT2D eigenvalue weighted by molar-refractivity contribution is 7.99. The van der Waals surface area contributed by atoms with Crippen molar-refractivity contribution in [3.8, 4) is 0 Å². The molecule has 0 heterocycles. The van der Waals surface area contributed by atoms with Crippen LogP contribution >= 0.6 is 11.8 Å². The van der Waals surface area contributed by atoms with Crippen LogP contribution in [0, 0.1) is 10.1 Å². The van der Waals surface area contributed by atoms with Crippen LogP contribution in [0.25, 0.3) is 0 Å². The molecule has 2 rings (SSSR count). The van der Waals surface area contributed by atoms with E-state index in [1.54, 1.807) is 56.3 Å². The number of carbonyl (C=O) groups excluding carboxylic acids is 2. The minimum atomic E-state index is -1.14. The van der Waals surface area contributed by atoms with E-state index in [2.05, 4.69) is 6.58 Å². The number of rotatable bonds is 14. The summed E-state index contributed by atoms with van der Waals surface area (Å²) in [6.45, 7) is 8.23. The summed E-state index contributed by atoms with van der Waals surface area (Å²) in [5.41, 5.74) is -0.649. The Bertz CT molecular complexity index is 1020. The Balaban J connectivity index is 2.20. The average Bonchev–Trinajstić information content (AvgIpc) is 2.82. The Kier molecular flexibility index (Phi) is 10.6. The summed E-state index contributed by atoms with van der Waals surface area (Å²) in [5.74, 6) is -0.685. The molecular weight excluding hydrogens is 468 g/mol. The van der Waals surface area contributed by atoms with Crippen molar-refractivity contribution in [1.82, 2.24) is 4.90 Å². The van der Waals surface area contributed by atoms with Gasteiger partial charge in [-0.15, -0.1) is 6.58 Å². The predicted molar refractivity (Wildman–Crippen MR) is 136 cm³/mol. The van der Waals surface area contributed by atoms with Crippen LogP contribution in [0.5, 0.6) is 0 Å². The molecule has 188 valence electrons. The van der Waals surface area contributed by atoms with Gasteiger partial charge in [0.25, 0.3) is 5.69 Å². The van der Waals surface area contributed by atoms with Crippen LogP contribution in [0.3, 0.4) is 0 Å². The SMILES string of the molecule is C=CCC(CC(=O)OC(C)COCC)(C(=O)c1ccc(Sc2ccc([N+](=O)[O-])cc2)cc1)N(C)C. The van der Waals surface area contributed by atoms with Crippen LogP contribution < -0.4 is 0 Å². The fourth-order valence-corrected chi connectivity index (χ4v) is 4.38. The molecule has 0 bridgehead atoms. The van der Waals surface area contributed by atoms with E-state index in [1.165, 1.54) is 23.9 Å². The Morgan fingerprint density at radius 1 is 1.14 bits per heavy atom. The first-order valence-corrected chi connectivity index (χ1v) is 12.1. The van der Waals surface area contributed by atoms with Crippen LogP contribution in [-0.2, 0) is 14.3 Å². The Labute approximate surface area is 210 Å². The highest BCUT2D eigenvalue weighted by Gasteiger charge is 2.42. The summed E-state index contributed by atoms with van der Waals surface area (Å²) in [6.07, 6.45) is 1.36. The van der Waals surface area contributed by atoms with Gasteiger partial charge in [-0.25, -0.2) is 0 Å². The second kappa shape index (κ2) is 13.2. The van der Waals surface area contributed by atoms with Crippen molar-refractivity contribution >= 4 is 29.2 Å². The topological polar surface area (TPSA) is 99.0 Å². The Hall–Kier alpha value is -3.01. The third-order valence-electron chi connectivity index (χ3n) is 5.49. The molecule has 2 aromatic carbocycles. The number of ketones is 1. The quantitative estimate of drug-likeness (QED) is 0.115. The smallest absolute Gasteiger partial charge is 0.308 e. The summed E-state index contributed by atoms with van der Waals surface area (Å²) in [5, 5.41) is 10.8. The van der Waals surface area contributed by atoms with Crippen molar-refractivity contribution in [2.24, 2.45) is 0 Å². The van der Waals surface area contributed by atoms with E-state index in [9.17, 15) is 19.7 Å². The van der Waals surface area contributed by atoms with Crippen molar-refractivity contribution in [3.63, 3.8) is 0 Å². The monoisotopic (exact) mass is 500 g/mol. The molecule has 9 heteroatoms. The number of nitro groups is 1. The van der Waals surface area contributed by atoms with E-state index in [4.69, 9.17) is 9.47 Å². The summed E-state index contributed by atoms with van der Waals surface area (Å²) >= 11 is 1.43. The van der Waals surface area contributed by atoms with Gasteiger partial charge in [-0.3, -0.25) is 24.6 Å². The molecule has 2 aromatic rings. The number of nitro benzene ring substituents is 1. The molecule has 2 atom stereocenters. The van der Waals surface area contributed by atoms with Crippen LogP contribution in [0.1, 0.15) is 37.0 Å². The number of nitrogens with zero attached hydrogens (tertiary/aromatic N) is 2. The van der Waals surface area contributed by atoms with Gasteiger partial charge in [0.15, 0.2) is 5.78 Å². The molecule has 0 aliphatic rings. The first-order chi connectivity index (χ1) is 16.6. The lowest BCUT2D eigenvalue weighted by Crippen LogP contribution is -2.52. The summed E-state index contributed by atoms with van der Waals surface area (Å²) in [6, 6.07) is 13.3. The molecule has 0 aliphatic carbocycles. The molecule has 35 heavy (non-hydrogen) atoms. The number of benzene rings is 2. The predicted octanol–water partition coefficient (Wildman–Crippen LogP) is 5.16. The van der Waals surface area contributed by atoms with Gasteiger partial charge in [-0.2, -0.15) is 0 Å². The maximum absolute atomic E-state index is 13.7. The molecule has 0 radical (unpaired) electrons. The number of hydrogen-bond donors (Lipinski definition) is 0. The standard InChI is InChI=1S/C26H32N2O6S/c1-6-16-26(27(4)5,17-24(29)34-19(3)18-33-7-2)25(30)20-8-12-22(13-9-20)35-23-14-10-21(11-15-23)28(31)32/h6,8-15,19H,1,7,16-18H2,2-5H3. The van der Waals surface area contributed by atoms with E-state index in [-0.39, 0.29) is 24.3 Å². The number of likely N-dealkylation sites (N-methyl/N-ethyl adjacent to an activating group) is 1. The van der Waals surface area contributed by atoms with E-state index in [0.29, 0.717) is 18.8 Å². The fraction of sp³-hybridized carbons (Fsp3) is 0.385. The maximum Gasteiger partial charge on any atom is 0.308 e. The molecule has 0 saturated carbocycles. The summed E-state index contributed by atoms with van der Waals surface area (Å²) in [4.78, 5) is 40.3. The van der Waals surface area contributed by atoms with Gasteiger partial charge in [0.2, 0.25) is 0 Å². The average molecular weight is 501 g/mol. The maximum atomic E-state index is 13.7. The summed E-state index contributed by atoms with van der Waals surface area (Å²) in [7, 11) is 3.52. The highest BCUT2D eigenvalue weighted by Crippen LogP contribution is 2.32. The van der Waals surface area contributed by atoms with E-state index < -0.39 is 22.5 Å². The van der Waals surface area contributed by atoms with E-state index in [0.717, 1.165) is 9.79 Å². The molecule has 0 aliphatic heterocycles. The minimum absolute atomic E-state index is 0.0309. The molecule has 2 unspecified atom stereocenters. The first kappa shape index (κ1) is 28.2. The molecule has 0 N–H and O–H groups in total. The number of esters is 1. The number of carbonyl (C=O) groups is 2. The van der Waals surface area contributed by atoms with Gasteiger partial charge >= 0.3 is 5.97 Å². The van der Waals surface area contributed by atoms with Crippen LogP contribution in [0.2, 0.25) is 0 Å². The van der Waals surface area contributed by atoms with Crippen molar-refractivity contribution in [1.29, 1.82) is 0 Å². The number of hydrogen-bond acceptors (Lipinski definition) is 8. The minimum Gasteiger partial charge on any atom is -0.460 e. The first-order valence-electron chi connectivity index (χ1n) is 11.3. The normalized spacial score (nSPS) is 13.6. The molecule has 0 aromatic heterocycles. The van der Waals surface area contributed by atoms with Gasteiger partial charge in [0.1, 0.15) is 6.10 Å². The molecular formula is C26H32N2O6S. The molecule has 8 nitrogen and oxygen atoms in total. The Morgan fingerprint density at radius 3 is 2.20 bits per heavy atom. The zero-order valence-corrected chi connectivity index (χ0v) is 21.4. The lowest BCUT2D eigenvalue weighted by molar-refractivity contribution is -0.384. The summed E-state index contributed by atoms with van der Waals surface area (Å²) < 4.78 is 10.8. The zero-order chi connectivity index (χ0) is 26.0. The zero-order valence-electron chi connectivity index (χ0n) is 20.6. The van der Waals surface area contributed by atoms with Gasteiger partial charge < -0.3 is 9.47 Å². The molecule has 0 amide bonds. The van der Waals surface area contributed by atoms with Crippen LogP contribution in [0.15, 0.2) is 71.0 Å². The van der Waals surface area contributed by atoms with Crippen LogP contribution in [0.4, 0.5) is 5.69 Å². The van der Waals surface area contributed by atoms with Gasteiger partial charge in [-0.05, 0) is 58.6 Å². The Morgan fingerprint density at radius 2 is 1.71 bits per heavy atom. The van der Waals surface area contributed by atoms with Gasteiger partial charge in [0, 0.05) is 34.1 Å². The molecule has 0 saturated heterocycles. The van der Waals surface area contributed by atoms with Crippen molar-refractivity contribution in [2.75, 3.05) is 27.3 Å². The van der Waals surface area contributed by atoms with E-state index >= 15 is 0 Å². The van der Waals surface area contributed by atoms with Gasteiger partial charge in [0.05, 0.1) is 23.5 Å². The molecule has 0 spiro atoms. The van der Waals surface area contributed by atoms with Crippen molar-refractivity contribution in [2.45, 2.75) is 48.1 Å². The third kappa shape index (κ3) is 7.74. The lowest BCUT2D eigenvalue weighted by Gasteiger charge is -2.37. The number of ether oxygens (including phenoxy) is 2. The highest BCUT2D eigenvalue weighted by atomic mass is 32.2. The van der Waals surface area contributed by atoms with Crippen molar-refractivity contribution < 1.29 is 24.0 Å². The number of non-ortho nitro benzene ring substituents is 1.